The number of tetrazole rings is 1. The molecule has 1 aromatic heterocycles. The maximum absolute atomic E-state index is 9.88. The molecule has 1 fully saturated rings. The van der Waals surface area contributed by atoms with Crippen molar-refractivity contribution in [1.82, 2.24) is 25.1 Å². The summed E-state index contributed by atoms with van der Waals surface area (Å²) < 4.78 is 7.03. The molecule has 0 unspecified atom stereocenters. The molecule has 0 bridgehead atoms. The van der Waals surface area contributed by atoms with Crippen molar-refractivity contribution < 1.29 is 9.84 Å². The average molecular weight is 379 g/mol. The zero-order chi connectivity index (χ0) is 19.3. The second-order valence-corrected chi connectivity index (χ2v) is 7.05. The molecule has 146 valence electrons. The third-order valence-corrected chi connectivity index (χ3v) is 5.46. The molecular formula is C21H25N5O2. The molecule has 1 aliphatic rings. The monoisotopic (exact) mass is 379 g/mol. The van der Waals surface area contributed by atoms with E-state index in [9.17, 15) is 5.11 Å². The molecule has 1 aliphatic heterocycles. The van der Waals surface area contributed by atoms with E-state index in [4.69, 9.17) is 4.74 Å². The SMILES string of the molecule is COc1ccc(-n2nnnc2[C@H]2CC[C@@H](CO)N2CCc2ccccc2)cc1. The number of aliphatic hydroxyl groups excluding tert-OH is 1. The van der Waals surface area contributed by atoms with E-state index in [0.29, 0.717) is 0 Å². The molecule has 4 rings (SSSR count). The fourth-order valence-electron chi connectivity index (χ4n) is 3.96. The molecule has 2 atom stereocenters. The number of nitrogens with zero attached hydrogens (tertiary/aromatic N) is 5. The Morgan fingerprint density at radius 3 is 2.57 bits per heavy atom. The van der Waals surface area contributed by atoms with Gasteiger partial charge in [-0.1, -0.05) is 30.3 Å². The van der Waals surface area contributed by atoms with Crippen LogP contribution >= 0.6 is 0 Å². The van der Waals surface area contributed by atoms with Crippen LogP contribution in [0.4, 0.5) is 0 Å². The smallest absolute Gasteiger partial charge is 0.173 e. The van der Waals surface area contributed by atoms with Gasteiger partial charge in [0, 0.05) is 12.6 Å². The first kappa shape index (κ1) is 18.6. The zero-order valence-corrected chi connectivity index (χ0v) is 16.0. The van der Waals surface area contributed by atoms with Gasteiger partial charge in [0.05, 0.1) is 25.4 Å². The molecular weight excluding hydrogens is 354 g/mol. The van der Waals surface area contributed by atoms with E-state index in [1.54, 1.807) is 11.8 Å². The van der Waals surface area contributed by atoms with Gasteiger partial charge in [0.1, 0.15) is 5.75 Å². The number of hydrogen-bond donors (Lipinski definition) is 1. The van der Waals surface area contributed by atoms with E-state index in [0.717, 1.165) is 43.1 Å². The number of aromatic nitrogens is 4. The molecule has 2 aromatic carbocycles. The molecule has 1 saturated heterocycles. The maximum Gasteiger partial charge on any atom is 0.173 e. The average Bonchev–Trinajstić information content (AvgIpc) is 3.39. The lowest BCUT2D eigenvalue weighted by molar-refractivity contribution is 0.126. The van der Waals surface area contributed by atoms with E-state index in [-0.39, 0.29) is 18.7 Å². The summed E-state index contributed by atoms with van der Waals surface area (Å²) in [5.74, 6) is 1.61. The van der Waals surface area contributed by atoms with Crippen LogP contribution in [0.2, 0.25) is 0 Å². The number of methoxy groups -OCH3 is 1. The van der Waals surface area contributed by atoms with Crippen LogP contribution in [0.25, 0.3) is 5.69 Å². The van der Waals surface area contributed by atoms with Crippen LogP contribution in [-0.2, 0) is 6.42 Å². The third-order valence-electron chi connectivity index (χ3n) is 5.46. The molecule has 0 radical (unpaired) electrons. The molecule has 2 heterocycles. The summed E-state index contributed by atoms with van der Waals surface area (Å²) in [6.07, 6.45) is 2.79. The zero-order valence-electron chi connectivity index (χ0n) is 16.0. The fraction of sp³-hybridized carbons (Fsp3) is 0.381. The second kappa shape index (κ2) is 8.50. The lowest BCUT2D eigenvalue weighted by atomic mass is 10.1. The van der Waals surface area contributed by atoms with Gasteiger partial charge in [-0.3, -0.25) is 4.90 Å². The molecule has 7 nitrogen and oxygen atoms in total. The number of likely N-dealkylation sites (tertiary alicyclic amines) is 1. The topological polar surface area (TPSA) is 76.3 Å². The Bertz CT molecular complexity index is 881. The normalized spacial score (nSPS) is 19.8. The minimum absolute atomic E-state index is 0.0814. The standard InChI is InChI=1S/C21H25N5O2/c1-28-19-10-7-17(8-11-19)26-21(22-23-24-26)20-12-9-18(15-27)25(20)14-13-16-5-3-2-4-6-16/h2-8,10-11,18,20,27H,9,12-15H2,1H3/t18-,20+/m0/s1. The van der Waals surface area contributed by atoms with Gasteiger partial charge in [-0.05, 0) is 59.5 Å². The fourth-order valence-corrected chi connectivity index (χ4v) is 3.96. The largest absolute Gasteiger partial charge is 0.497 e. The van der Waals surface area contributed by atoms with Crippen molar-refractivity contribution in [2.45, 2.75) is 31.3 Å². The van der Waals surface area contributed by atoms with Crippen LogP contribution in [0.15, 0.2) is 54.6 Å². The van der Waals surface area contributed by atoms with Crippen molar-refractivity contribution in [2.75, 3.05) is 20.3 Å². The number of hydrogen-bond acceptors (Lipinski definition) is 6. The number of rotatable bonds is 7. The van der Waals surface area contributed by atoms with Gasteiger partial charge in [0.25, 0.3) is 0 Å². The molecule has 1 N–H and O–H groups in total. The first-order valence-corrected chi connectivity index (χ1v) is 9.63. The molecule has 0 aliphatic carbocycles. The van der Waals surface area contributed by atoms with Gasteiger partial charge in [0.2, 0.25) is 0 Å². The minimum atomic E-state index is 0.0814. The van der Waals surface area contributed by atoms with Crippen LogP contribution in [0.5, 0.6) is 5.75 Å². The Labute approximate surface area is 164 Å². The number of aliphatic hydroxyl groups is 1. The van der Waals surface area contributed by atoms with Crippen molar-refractivity contribution >= 4 is 0 Å². The highest BCUT2D eigenvalue weighted by Crippen LogP contribution is 2.35. The lowest BCUT2D eigenvalue weighted by Gasteiger charge is -2.28. The van der Waals surface area contributed by atoms with Crippen molar-refractivity contribution in [3.8, 4) is 11.4 Å². The van der Waals surface area contributed by atoms with Crippen LogP contribution < -0.4 is 4.74 Å². The van der Waals surface area contributed by atoms with E-state index >= 15 is 0 Å². The van der Waals surface area contributed by atoms with E-state index in [1.807, 2.05) is 30.3 Å². The van der Waals surface area contributed by atoms with Crippen LogP contribution in [0.1, 0.15) is 30.3 Å². The van der Waals surface area contributed by atoms with E-state index in [2.05, 4.69) is 44.7 Å². The molecule has 0 spiro atoms. The summed E-state index contributed by atoms with van der Waals surface area (Å²) in [7, 11) is 1.65. The summed E-state index contributed by atoms with van der Waals surface area (Å²) in [5.41, 5.74) is 2.19. The number of ether oxygens (including phenoxy) is 1. The van der Waals surface area contributed by atoms with Crippen molar-refractivity contribution in [3.63, 3.8) is 0 Å². The molecule has 28 heavy (non-hydrogen) atoms. The van der Waals surface area contributed by atoms with Gasteiger partial charge in [-0.2, -0.15) is 4.68 Å². The van der Waals surface area contributed by atoms with Crippen LogP contribution in [0, 0.1) is 0 Å². The third kappa shape index (κ3) is 3.76. The first-order valence-electron chi connectivity index (χ1n) is 9.63. The van der Waals surface area contributed by atoms with E-state index in [1.165, 1.54) is 5.56 Å². The number of benzene rings is 2. The minimum Gasteiger partial charge on any atom is -0.497 e. The van der Waals surface area contributed by atoms with E-state index < -0.39 is 0 Å². The Morgan fingerprint density at radius 1 is 1.07 bits per heavy atom. The molecule has 7 heteroatoms. The highest BCUT2D eigenvalue weighted by Gasteiger charge is 2.37. The summed E-state index contributed by atoms with van der Waals surface area (Å²) in [5, 5.41) is 22.4. The van der Waals surface area contributed by atoms with Gasteiger partial charge >= 0.3 is 0 Å². The predicted octanol–water partition coefficient (Wildman–Crippen LogP) is 2.41. The van der Waals surface area contributed by atoms with Gasteiger partial charge in [-0.15, -0.1) is 5.10 Å². The maximum atomic E-state index is 9.88. The van der Waals surface area contributed by atoms with Crippen molar-refractivity contribution in [3.05, 3.63) is 66.0 Å². The Morgan fingerprint density at radius 2 is 1.86 bits per heavy atom. The molecule has 3 aromatic rings. The molecule has 0 saturated carbocycles. The Balaban J connectivity index is 1.57. The lowest BCUT2D eigenvalue weighted by Crippen LogP contribution is -2.36. The quantitative estimate of drug-likeness (QED) is 0.679. The highest BCUT2D eigenvalue weighted by molar-refractivity contribution is 5.37. The van der Waals surface area contributed by atoms with Gasteiger partial charge in [-0.25, -0.2) is 0 Å². The summed E-state index contributed by atoms with van der Waals surface area (Å²) >= 11 is 0. The summed E-state index contributed by atoms with van der Waals surface area (Å²) in [6, 6.07) is 18.3. The van der Waals surface area contributed by atoms with Gasteiger partial charge in [0.15, 0.2) is 5.82 Å². The predicted molar refractivity (Wildman–Crippen MR) is 105 cm³/mol. The molecule has 0 amide bonds. The van der Waals surface area contributed by atoms with Crippen LogP contribution in [0.3, 0.4) is 0 Å². The first-order chi connectivity index (χ1) is 13.8. The Kier molecular flexibility index (Phi) is 5.64. The second-order valence-electron chi connectivity index (χ2n) is 7.05. The van der Waals surface area contributed by atoms with Crippen molar-refractivity contribution in [1.29, 1.82) is 0 Å². The summed E-state index contributed by atoms with van der Waals surface area (Å²) in [4.78, 5) is 2.35. The summed E-state index contributed by atoms with van der Waals surface area (Å²) in [6.45, 7) is 1.00. The highest BCUT2D eigenvalue weighted by atomic mass is 16.5. The van der Waals surface area contributed by atoms with Crippen molar-refractivity contribution in [2.24, 2.45) is 0 Å². The Hall–Kier alpha value is -2.77. The van der Waals surface area contributed by atoms with Crippen LogP contribution in [-0.4, -0.2) is 56.5 Å². The van der Waals surface area contributed by atoms with Gasteiger partial charge < -0.3 is 9.84 Å².